The van der Waals surface area contributed by atoms with Crippen molar-refractivity contribution in [2.24, 2.45) is 0 Å². The number of hydrogen-bond donors (Lipinski definition) is 1. The molecule has 5 nitrogen and oxygen atoms in total. The Bertz CT molecular complexity index is 1120. The first-order chi connectivity index (χ1) is 14.7. The molecular formula is C25H23N3O2. The number of amides is 1. The Hall–Kier alpha value is -3.86. The fraction of sp³-hybridized carbons (Fsp3) is 0.120. The minimum atomic E-state index is -0.178. The van der Waals surface area contributed by atoms with Crippen molar-refractivity contribution in [2.45, 2.75) is 13.0 Å². The van der Waals surface area contributed by atoms with Crippen molar-refractivity contribution < 1.29 is 9.53 Å². The lowest BCUT2D eigenvalue weighted by molar-refractivity contribution is 0.0932. The summed E-state index contributed by atoms with van der Waals surface area (Å²) < 4.78 is 6.92. The van der Waals surface area contributed by atoms with Crippen molar-refractivity contribution in [1.29, 1.82) is 0 Å². The van der Waals surface area contributed by atoms with Crippen LogP contribution in [0.4, 0.5) is 0 Å². The van der Waals surface area contributed by atoms with Crippen LogP contribution in [0, 0.1) is 0 Å². The standard InChI is InChI=1S/C25H23N3O2/c1-18(19-9-5-3-6-10-19)26-25(29)24-17-23(20-13-15-22(30-2)16-14-20)27-28(24)21-11-7-4-8-12-21/h3-18H,1-2H3,(H,26,29)/t18-/m1/s1. The average molecular weight is 397 g/mol. The fourth-order valence-corrected chi connectivity index (χ4v) is 3.31. The van der Waals surface area contributed by atoms with E-state index in [0.717, 1.165) is 28.3 Å². The molecular weight excluding hydrogens is 374 g/mol. The predicted molar refractivity (Wildman–Crippen MR) is 118 cm³/mol. The Morgan fingerprint density at radius 1 is 0.933 bits per heavy atom. The van der Waals surface area contributed by atoms with E-state index in [0.29, 0.717) is 5.69 Å². The molecule has 1 heterocycles. The van der Waals surface area contributed by atoms with Crippen LogP contribution in [0.3, 0.4) is 0 Å². The van der Waals surface area contributed by atoms with Gasteiger partial charge in [-0.05, 0) is 55.0 Å². The third-order valence-electron chi connectivity index (χ3n) is 4.98. The Morgan fingerprint density at radius 2 is 1.57 bits per heavy atom. The largest absolute Gasteiger partial charge is 0.497 e. The first-order valence-electron chi connectivity index (χ1n) is 9.81. The van der Waals surface area contributed by atoms with Crippen molar-refractivity contribution in [2.75, 3.05) is 7.11 Å². The van der Waals surface area contributed by atoms with Crippen LogP contribution in [0.15, 0.2) is 91.0 Å². The van der Waals surface area contributed by atoms with Gasteiger partial charge >= 0.3 is 0 Å². The Morgan fingerprint density at radius 3 is 2.20 bits per heavy atom. The molecule has 0 radical (unpaired) electrons. The average Bonchev–Trinajstić information content (AvgIpc) is 3.26. The molecule has 5 heteroatoms. The van der Waals surface area contributed by atoms with Crippen LogP contribution < -0.4 is 10.1 Å². The third-order valence-corrected chi connectivity index (χ3v) is 4.98. The first-order valence-corrected chi connectivity index (χ1v) is 9.81. The highest BCUT2D eigenvalue weighted by Crippen LogP contribution is 2.24. The van der Waals surface area contributed by atoms with E-state index in [9.17, 15) is 4.79 Å². The Labute approximate surface area is 175 Å². The zero-order valence-corrected chi connectivity index (χ0v) is 16.9. The monoisotopic (exact) mass is 397 g/mol. The van der Waals surface area contributed by atoms with E-state index in [1.165, 1.54) is 0 Å². The van der Waals surface area contributed by atoms with Crippen LogP contribution in [-0.2, 0) is 0 Å². The summed E-state index contributed by atoms with van der Waals surface area (Å²) in [6.07, 6.45) is 0. The van der Waals surface area contributed by atoms with Gasteiger partial charge in [0.25, 0.3) is 5.91 Å². The second kappa shape index (κ2) is 8.66. The molecule has 0 aliphatic carbocycles. The van der Waals surface area contributed by atoms with E-state index < -0.39 is 0 Å². The number of hydrogen-bond acceptors (Lipinski definition) is 3. The molecule has 4 rings (SSSR count). The highest BCUT2D eigenvalue weighted by Gasteiger charge is 2.19. The normalized spacial score (nSPS) is 11.7. The zero-order valence-electron chi connectivity index (χ0n) is 16.9. The summed E-state index contributed by atoms with van der Waals surface area (Å²) in [5, 5.41) is 7.81. The minimum absolute atomic E-state index is 0.123. The van der Waals surface area contributed by atoms with E-state index in [1.807, 2.05) is 97.9 Å². The van der Waals surface area contributed by atoms with E-state index in [2.05, 4.69) is 5.32 Å². The summed E-state index contributed by atoms with van der Waals surface area (Å²) in [4.78, 5) is 13.2. The summed E-state index contributed by atoms with van der Waals surface area (Å²) in [5.74, 6) is 0.596. The van der Waals surface area contributed by atoms with Crippen molar-refractivity contribution >= 4 is 5.91 Å². The molecule has 30 heavy (non-hydrogen) atoms. The molecule has 0 spiro atoms. The lowest BCUT2D eigenvalue weighted by Crippen LogP contribution is -2.28. The number of aromatic nitrogens is 2. The smallest absolute Gasteiger partial charge is 0.270 e. The topological polar surface area (TPSA) is 56.1 Å². The van der Waals surface area contributed by atoms with E-state index in [1.54, 1.807) is 11.8 Å². The molecule has 1 N–H and O–H groups in total. The highest BCUT2D eigenvalue weighted by molar-refractivity contribution is 5.94. The van der Waals surface area contributed by atoms with Crippen LogP contribution in [0.5, 0.6) is 5.75 Å². The van der Waals surface area contributed by atoms with Gasteiger partial charge in [-0.15, -0.1) is 0 Å². The molecule has 1 amide bonds. The van der Waals surface area contributed by atoms with E-state index >= 15 is 0 Å². The third kappa shape index (κ3) is 4.10. The maximum Gasteiger partial charge on any atom is 0.270 e. The molecule has 150 valence electrons. The van der Waals surface area contributed by atoms with Crippen LogP contribution in [0.25, 0.3) is 16.9 Å². The zero-order chi connectivity index (χ0) is 20.9. The lowest BCUT2D eigenvalue weighted by Gasteiger charge is -2.15. The molecule has 0 saturated carbocycles. The van der Waals surface area contributed by atoms with Crippen molar-refractivity contribution in [3.8, 4) is 22.7 Å². The maximum atomic E-state index is 13.2. The molecule has 1 aromatic heterocycles. The van der Waals surface area contributed by atoms with Gasteiger partial charge in [0.1, 0.15) is 11.4 Å². The molecule has 0 fully saturated rings. The second-order valence-corrected chi connectivity index (χ2v) is 7.00. The molecule has 0 aliphatic heterocycles. The molecule has 4 aromatic rings. The Kier molecular flexibility index (Phi) is 5.61. The highest BCUT2D eigenvalue weighted by atomic mass is 16.5. The molecule has 3 aromatic carbocycles. The summed E-state index contributed by atoms with van der Waals surface area (Å²) in [6, 6.07) is 28.9. The molecule has 0 saturated heterocycles. The number of benzene rings is 3. The lowest BCUT2D eigenvalue weighted by atomic mass is 10.1. The van der Waals surface area contributed by atoms with Crippen molar-refractivity contribution in [1.82, 2.24) is 15.1 Å². The van der Waals surface area contributed by atoms with Gasteiger partial charge in [0.15, 0.2) is 0 Å². The van der Waals surface area contributed by atoms with Crippen LogP contribution in [0.2, 0.25) is 0 Å². The van der Waals surface area contributed by atoms with Crippen LogP contribution in [0.1, 0.15) is 29.0 Å². The van der Waals surface area contributed by atoms with Crippen molar-refractivity contribution in [3.05, 3.63) is 102 Å². The summed E-state index contributed by atoms with van der Waals surface area (Å²) in [7, 11) is 1.63. The van der Waals surface area contributed by atoms with Crippen molar-refractivity contribution in [3.63, 3.8) is 0 Å². The molecule has 0 bridgehead atoms. The molecule has 1 atom stereocenters. The maximum absolute atomic E-state index is 13.2. The number of para-hydroxylation sites is 1. The number of carbonyl (C=O) groups is 1. The molecule has 0 unspecified atom stereocenters. The number of methoxy groups -OCH3 is 1. The van der Waals surface area contributed by atoms with Gasteiger partial charge < -0.3 is 10.1 Å². The fourth-order valence-electron chi connectivity index (χ4n) is 3.31. The quantitative estimate of drug-likeness (QED) is 0.496. The minimum Gasteiger partial charge on any atom is -0.497 e. The van der Waals surface area contributed by atoms with E-state index in [4.69, 9.17) is 9.84 Å². The van der Waals surface area contributed by atoms with Gasteiger partial charge in [-0.2, -0.15) is 5.10 Å². The predicted octanol–water partition coefficient (Wildman–Crippen LogP) is 5.04. The Balaban J connectivity index is 1.69. The number of nitrogens with zero attached hydrogens (tertiary/aromatic N) is 2. The van der Waals surface area contributed by atoms with Crippen LogP contribution in [-0.4, -0.2) is 22.8 Å². The molecule has 0 aliphatic rings. The van der Waals surface area contributed by atoms with Gasteiger partial charge in [0, 0.05) is 5.56 Å². The SMILES string of the molecule is COc1ccc(-c2cc(C(=O)N[C@H](C)c3ccccc3)n(-c3ccccc3)n2)cc1. The summed E-state index contributed by atoms with van der Waals surface area (Å²) in [6.45, 7) is 1.97. The summed E-state index contributed by atoms with van der Waals surface area (Å²) >= 11 is 0. The van der Waals surface area contributed by atoms with Gasteiger partial charge in [-0.25, -0.2) is 4.68 Å². The number of rotatable bonds is 6. The van der Waals surface area contributed by atoms with E-state index in [-0.39, 0.29) is 11.9 Å². The van der Waals surface area contributed by atoms with Crippen LogP contribution >= 0.6 is 0 Å². The first kappa shape index (κ1) is 19.5. The van der Waals surface area contributed by atoms with Gasteiger partial charge in [-0.1, -0.05) is 48.5 Å². The number of carbonyl (C=O) groups excluding carboxylic acids is 1. The van der Waals surface area contributed by atoms with Gasteiger partial charge in [0.05, 0.1) is 24.5 Å². The number of ether oxygens (including phenoxy) is 1. The van der Waals surface area contributed by atoms with Gasteiger partial charge in [0.2, 0.25) is 0 Å². The summed E-state index contributed by atoms with van der Waals surface area (Å²) in [5.41, 5.74) is 3.99. The number of nitrogens with one attached hydrogen (secondary N) is 1. The van der Waals surface area contributed by atoms with Gasteiger partial charge in [-0.3, -0.25) is 4.79 Å². The second-order valence-electron chi connectivity index (χ2n) is 7.00.